The van der Waals surface area contributed by atoms with Gasteiger partial charge in [-0.05, 0) is 125 Å². The van der Waals surface area contributed by atoms with Gasteiger partial charge in [-0.2, -0.15) is 0 Å². The van der Waals surface area contributed by atoms with Crippen LogP contribution in [0.25, 0.3) is 0 Å². The highest BCUT2D eigenvalue weighted by Gasteiger charge is 2.28. The summed E-state index contributed by atoms with van der Waals surface area (Å²) in [5.41, 5.74) is 12.4. The van der Waals surface area contributed by atoms with Crippen LogP contribution in [0.3, 0.4) is 0 Å². The third-order valence-electron chi connectivity index (χ3n) is 9.33. The van der Waals surface area contributed by atoms with Crippen LogP contribution in [0.5, 0.6) is 5.75 Å². The lowest BCUT2D eigenvalue weighted by Crippen LogP contribution is -2.20. The number of aromatic hydroxyl groups is 1. The maximum atomic E-state index is 12.1. The maximum absolute atomic E-state index is 12.1. The van der Waals surface area contributed by atoms with Crippen LogP contribution in [0, 0.1) is 51.4 Å². The number of hydrogen-bond donors (Lipinski definition) is 1. The van der Waals surface area contributed by atoms with Crippen LogP contribution in [-0.2, 0) is 17.3 Å². The van der Waals surface area contributed by atoms with E-state index in [2.05, 4.69) is 83.1 Å². The first-order chi connectivity index (χ1) is 19.6. The molecule has 0 aromatic heterocycles. The lowest BCUT2D eigenvalue weighted by Gasteiger charge is -2.29. The van der Waals surface area contributed by atoms with Gasteiger partial charge < -0.3 is 5.11 Å². The average Bonchev–Trinajstić information content (AvgIpc) is 2.92. The van der Waals surface area contributed by atoms with Crippen molar-refractivity contribution in [1.82, 2.24) is 0 Å². The fourth-order valence-corrected chi connectivity index (χ4v) is 5.99. The van der Waals surface area contributed by atoms with Gasteiger partial charge >= 0.3 is 0 Å². The fraction of sp³-hybridized carbons (Fsp3) is 0.351. The van der Waals surface area contributed by atoms with Crippen molar-refractivity contribution in [2.45, 2.75) is 86.5 Å². The molecule has 4 rings (SSSR count). The molecule has 0 fully saturated rings. The van der Waals surface area contributed by atoms with Gasteiger partial charge in [-0.1, -0.05) is 76.2 Å². The average molecular weight is 563 g/mol. The van der Waals surface area contributed by atoms with E-state index in [1.165, 1.54) is 22.3 Å². The first-order valence-corrected chi connectivity index (χ1v) is 14.4. The van der Waals surface area contributed by atoms with Crippen molar-refractivity contribution in [3.8, 4) is 5.75 Å². The summed E-state index contributed by atoms with van der Waals surface area (Å²) < 4.78 is 0. The lowest BCUT2D eigenvalue weighted by molar-refractivity contribution is 0.468. The summed E-state index contributed by atoms with van der Waals surface area (Å²) in [4.78, 5) is 23.4. The molecule has 5 heteroatoms. The standard InChI is InChI=1S/C37H42N2O3/c1-21-13-30(14-22(2)26(21)6)37(9,10)32-17-25(5)35(39-42)28(20-32)18-27-19-29(11-12-33(27)40)36(7,8)31-15-23(3)34(38-41)24(4)16-31/h11-17,19-20,40H,18H2,1-10H3. The molecule has 0 bridgehead atoms. The second kappa shape index (κ2) is 11.3. The summed E-state index contributed by atoms with van der Waals surface area (Å²) in [6.45, 7) is 20.8. The predicted molar refractivity (Wildman–Crippen MR) is 174 cm³/mol. The van der Waals surface area contributed by atoms with Crippen molar-refractivity contribution in [3.63, 3.8) is 0 Å². The fourth-order valence-electron chi connectivity index (χ4n) is 5.99. The molecule has 4 aromatic rings. The van der Waals surface area contributed by atoms with Crippen LogP contribution >= 0.6 is 0 Å². The molecule has 0 aliphatic rings. The van der Waals surface area contributed by atoms with E-state index in [0.29, 0.717) is 17.8 Å². The Hall–Kier alpha value is -4.12. The maximum Gasteiger partial charge on any atom is 0.119 e. The molecule has 0 heterocycles. The molecular weight excluding hydrogens is 520 g/mol. The molecule has 0 aliphatic heterocycles. The van der Waals surface area contributed by atoms with E-state index in [0.717, 1.165) is 44.5 Å². The van der Waals surface area contributed by atoms with Crippen LogP contribution in [-0.4, -0.2) is 5.11 Å². The van der Waals surface area contributed by atoms with Crippen LogP contribution < -0.4 is 0 Å². The highest BCUT2D eigenvalue weighted by atomic mass is 16.3. The van der Waals surface area contributed by atoms with E-state index in [9.17, 15) is 14.9 Å². The minimum atomic E-state index is -0.411. The van der Waals surface area contributed by atoms with E-state index in [1.807, 2.05) is 45.0 Å². The topological polar surface area (TPSA) is 79.1 Å². The molecule has 4 aromatic carbocycles. The van der Waals surface area contributed by atoms with E-state index in [-0.39, 0.29) is 11.2 Å². The third kappa shape index (κ3) is 5.53. The van der Waals surface area contributed by atoms with Crippen molar-refractivity contribution < 1.29 is 5.11 Å². The Bertz CT molecular complexity index is 1670. The van der Waals surface area contributed by atoms with Crippen molar-refractivity contribution in [2.24, 2.45) is 10.4 Å². The minimum absolute atomic E-state index is 0.173. The Labute approximate surface area is 250 Å². The summed E-state index contributed by atoms with van der Waals surface area (Å²) in [6.07, 6.45) is 0.361. The molecule has 1 N–H and O–H groups in total. The Morgan fingerprint density at radius 1 is 0.548 bits per heavy atom. The van der Waals surface area contributed by atoms with Gasteiger partial charge in [-0.25, -0.2) is 0 Å². The molecule has 0 unspecified atom stereocenters. The Kier molecular flexibility index (Phi) is 8.28. The molecule has 0 spiro atoms. The molecule has 0 saturated carbocycles. The van der Waals surface area contributed by atoms with Crippen LogP contribution in [0.4, 0.5) is 11.4 Å². The summed E-state index contributed by atoms with van der Waals surface area (Å²) in [6, 6.07) is 18.3. The molecule has 0 atom stereocenters. The zero-order valence-corrected chi connectivity index (χ0v) is 26.6. The zero-order chi connectivity index (χ0) is 31.1. The van der Waals surface area contributed by atoms with Gasteiger partial charge in [0.05, 0.1) is 0 Å². The Balaban J connectivity index is 1.80. The number of phenols is 1. The molecule has 42 heavy (non-hydrogen) atoms. The van der Waals surface area contributed by atoms with E-state index in [4.69, 9.17) is 0 Å². The highest BCUT2D eigenvalue weighted by molar-refractivity contribution is 5.60. The SMILES string of the molecule is Cc1cc(C(C)(C)c2cc(C)c(N=O)c(Cc3cc(C(C)(C)c4cc(C)c(N=O)c(C)c4)ccc3O)c2)cc(C)c1C. The molecule has 0 saturated heterocycles. The molecule has 0 aliphatic carbocycles. The lowest BCUT2D eigenvalue weighted by atomic mass is 9.75. The predicted octanol–water partition coefficient (Wildman–Crippen LogP) is 10.3. The van der Waals surface area contributed by atoms with Crippen molar-refractivity contribution >= 4 is 11.4 Å². The summed E-state index contributed by atoms with van der Waals surface area (Å²) in [7, 11) is 0. The van der Waals surface area contributed by atoms with Gasteiger partial charge in [0, 0.05) is 17.3 Å². The van der Waals surface area contributed by atoms with Crippen molar-refractivity contribution in [1.29, 1.82) is 0 Å². The number of benzene rings is 4. The number of rotatable bonds is 8. The van der Waals surface area contributed by atoms with Crippen LogP contribution in [0.15, 0.2) is 65.0 Å². The van der Waals surface area contributed by atoms with Gasteiger partial charge in [0.1, 0.15) is 17.1 Å². The second-order valence-corrected chi connectivity index (χ2v) is 12.9. The molecule has 0 amide bonds. The molecular formula is C37H42N2O3. The summed E-state index contributed by atoms with van der Waals surface area (Å²) in [5, 5.41) is 17.6. The number of phenolic OH excluding ortho intramolecular Hbond substituents is 1. The molecule has 218 valence electrons. The number of nitroso groups, excluding NO2 is 2. The summed E-state index contributed by atoms with van der Waals surface area (Å²) in [5.74, 6) is 0.173. The van der Waals surface area contributed by atoms with Gasteiger partial charge in [0.2, 0.25) is 0 Å². The Morgan fingerprint density at radius 2 is 0.952 bits per heavy atom. The van der Waals surface area contributed by atoms with Crippen LogP contribution in [0.2, 0.25) is 0 Å². The van der Waals surface area contributed by atoms with Gasteiger partial charge in [0.15, 0.2) is 0 Å². The largest absolute Gasteiger partial charge is 0.508 e. The van der Waals surface area contributed by atoms with Crippen LogP contribution in [0.1, 0.15) is 94.5 Å². The monoisotopic (exact) mass is 562 g/mol. The molecule has 5 nitrogen and oxygen atoms in total. The third-order valence-corrected chi connectivity index (χ3v) is 9.33. The van der Waals surface area contributed by atoms with Gasteiger partial charge in [0.25, 0.3) is 0 Å². The number of aryl methyl sites for hydroxylation is 5. The van der Waals surface area contributed by atoms with Crippen molar-refractivity contribution in [3.05, 3.63) is 131 Å². The van der Waals surface area contributed by atoms with E-state index in [1.54, 1.807) is 6.07 Å². The number of hydrogen-bond acceptors (Lipinski definition) is 5. The molecule has 0 radical (unpaired) electrons. The first-order valence-electron chi connectivity index (χ1n) is 14.4. The number of nitrogens with zero attached hydrogens (tertiary/aromatic N) is 2. The minimum Gasteiger partial charge on any atom is -0.508 e. The van der Waals surface area contributed by atoms with E-state index >= 15 is 0 Å². The van der Waals surface area contributed by atoms with Gasteiger partial charge in [-0.3, -0.25) is 0 Å². The highest BCUT2D eigenvalue weighted by Crippen LogP contribution is 2.41. The quantitative estimate of drug-likeness (QED) is 0.217. The normalized spacial score (nSPS) is 12.0. The zero-order valence-electron chi connectivity index (χ0n) is 26.6. The first kappa shape index (κ1) is 30.8. The Morgan fingerprint density at radius 3 is 1.45 bits per heavy atom. The summed E-state index contributed by atoms with van der Waals surface area (Å²) >= 11 is 0. The van der Waals surface area contributed by atoms with Crippen molar-refractivity contribution in [2.75, 3.05) is 0 Å². The van der Waals surface area contributed by atoms with Gasteiger partial charge in [-0.15, -0.1) is 9.81 Å². The second-order valence-electron chi connectivity index (χ2n) is 12.9. The smallest absolute Gasteiger partial charge is 0.119 e. The van der Waals surface area contributed by atoms with E-state index < -0.39 is 5.41 Å².